The zero-order valence-electron chi connectivity index (χ0n) is 8.40. The van der Waals surface area contributed by atoms with Crippen LogP contribution in [0.15, 0.2) is 10.8 Å². The summed E-state index contributed by atoms with van der Waals surface area (Å²) < 4.78 is 5.38. The quantitative estimate of drug-likeness (QED) is 0.816. The van der Waals surface area contributed by atoms with E-state index in [4.69, 9.17) is 4.74 Å². The standard InChI is InChI=1S/C11H16O2S/c1-8-6-14-7-10(8)11(12)9-3-2-4-13-5-9/h6-7,9,11-12H,2-5H2,1H3. The molecular formula is C11H16O2S. The first-order valence-corrected chi connectivity index (χ1v) is 6.02. The summed E-state index contributed by atoms with van der Waals surface area (Å²) in [6.07, 6.45) is 1.82. The zero-order chi connectivity index (χ0) is 9.97. The number of aliphatic hydroxyl groups is 1. The van der Waals surface area contributed by atoms with Gasteiger partial charge in [0, 0.05) is 12.5 Å². The van der Waals surface area contributed by atoms with E-state index in [0.717, 1.165) is 25.0 Å². The maximum absolute atomic E-state index is 10.1. The lowest BCUT2D eigenvalue weighted by molar-refractivity contribution is -0.0100. The highest BCUT2D eigenvalue weighted by Gasteiger charge is 2.24. The number of hydrogen-bond donors (Lipinski definition) is 1. The summed E-state index contributed by atoms with van der Waals surface area (Å²) in [4.78, 5) is 0. The van der Waals surface area contributed by atoms with Gasteiger partial charge in [-0.1, -0.05) is 0 Å². The molecule has 1 aromatic heterocycles. The number of thiophene rings is 1. The topological polar surface area (TPSA) is 29.5 Å². The van der Waals surface area contributed by atoms with Crippen LogP contribution in [0.3, 0.4) is 0 Å². The Labute approximate surface area is 88.5 Å². The fraction of sp³-hybridized carbons (Fsp3) is 0.636. The lowest BCUT2D eigenvalue weighted by Gasteiger charge is -2.26. The van der Waals surface area contributed by atoms with Crippen LogP contribution in [-0.2, 0) is 4.74 Å². The largest absolute Gasteiger partial charge is 0.388 e. The molecule has 2 unspecified atom stereocenters. The highest BCUT2D eigenvalue weighted by molar-refractivity contribution is 7.08. The van der Waals surface area contributed by atoms with Crippen LogP contribution in [0.2, 0.25) is 0 Å². The van der Waals surface area contributed by atoms with Crippen LogP contribution in [0.4, 0.5) is 0 Å². The molecule has 1 aliphatic heterocycles. The monoisotopic (exact) mass is 212 g/mol. The van der Waals surface area contributed by atoms with Gasteiger partial charge in [0.15, 0.2) is 0 Å². The molecule has 2 rings (SSSR count). The molecule has 0 radical (unpaired) electrons. The van der Waals surface area contributed by atoms with E-state index in [-0.39, 0.29) is 12.0 Å². The van der Waals surface area contributed by atoms with Crippen molar-refractivity contribution in [2.45, 2.75) is 25.9 Å². The fourth-order valence-electron chi connectivity index (χ4n) is 1.94. The van der Waals surface area contributed by atoms with Gasteiger partial charge >= 0.3 is 0 Å². The molecule has 1 aliphatic rings. The first-order valence-electron chi connectivity index (χ1n) is 5.07. The Hall–Kier alpha value is -0.380. The molecule has 78 valence electrons. The minimum atomic E-state index is -0.332. The van der Waals surface area contributed by atoms with E-state index in [1.54, 1.807) is 11.3 Å². The molecule has 0 amide bonds. The lowest BCUT2D eigenvalue weighted by atomic mass is 9.91. The van der Waals surface area contributed by atoms with Gasteiger partial charge in [-0.3, -0.25) is 0 Å². The SMILES string of the molecule is Cc1cscc1C(O)C1CCCOC1. The van der Waals surface area contributed by atoms with Crippen LogP contribution >= 0.6 is 11.3 Å². The van der Waals surface area contributed by atoms with Gasteiger partial charge in [0.25, 0.3) is 0 Å². The third kappa shape index (κ3) is 2.00. The van der Waals surface area contributed by atoms with Gasteiger partial charge in [0.1, 0.15) is 0 Å². The molecule has 0 spiro atoms. The van der Waals surface area contributed by atoms with Crippen molar-refractivity contribution in [2.75, 3.05) is 13.2 Å². The summed E-state index contributed by atoms with van der Waals surface area (Å²) in [5.41, 5.74) is 2.29. The minimum Gasteiger partial charge on any atom is -0.388 e. The van der Waals surface area contributed by atoms with Crippen molar-refractivity contribution in [3.05, 3.63) is 21.9 Å². The molecule has 0 saturated carbocycles. The van der Waals surface area contributed by atoms with E-state index in [1.165, 1.54) is 5.56 Å². The fourth-order valence-corrected chi connectivity index (χ4v) is 2.82. The van der Waals surface area contributed by atoms with Crippen LogP contribution < -0.4 is 0 Å². The van der Waals surface area contributed by atoms with Gasteiger partial charge < -0.3 is 9.84 Å². The first kappa shape index (κ1) is 10.1. The molecule has 0 bridgehead atoms. The van der Waals surface area contributed by atoms with Crippen molar-refractivity contribution >= 4 is 11.3 Å². The lowest BCUT2D eigenvalue weighted by Crippen LogP contribution is -2.23. The normalized spacial score (nSPS) is 24.9. The van der Waals surface area contributed by atoms with E-state index in [1.807, 2.05) is 0 Å². The molecule has 1 aromatic rings. The van der Waals surface area contributed by atoms with Crippen LogP contribution in [0.1, 0.15) is 30.1 Å². The Kier molecular flexibility index (Phi) is 3.21. The van der Waals surface area contributed by atoms with Crippen molar-refractivity contribution in [1.29, 1.82) is 0 Å². The predicted octanol–water partition coefficient (Wildman–Crippen LogP) is 2.52. The Morgan fingerprint density at radius 1 is 1.57 bits per heavy atom. The van der Waals surface area contributed by atoms with Gasteiger partial charge in [-0.25, -0.2) is 0 Å². The Balaban J connectivity index is 2.07. The molecule has 2 heterocycles. The molecule has 1 N–H and O–H groups in total. The predicted molar refractivity (Wildman–Crippen MR) is 57.6 cm³/mol. The second-order valence-electron chi connectivity index (χ2n) is 3.93. The maximum atomic E-state index is 10.1. The maximum Gasteiger partial charge on any atom is 0.0850 e. The van der Waals surface area contributed by atoms with Gasteiger partial charge in [-0.15, -0.1) is 0 Å². The average molecular weight is 212 g/mol. The van der Waals surface area contributed by atoms with E-state index >= 15 is 0 Å². The molecule has 2 nitrogen and oxygen atoms in total. The summed E-state index contributed by atoms with van der Waals surface area (Å²) in [6, 6.07) is 0. The summed E-state index contributed by atoms with van der Waals surface area (Å²) in [7, 11) is 0. The zero-order valence-corrected chi connectivity index (χ0v) is 9.22. The van der Waals surface area contributed by atoms with Crippen molar-refractivity contribution in [2.24, 2.45) is 5.92 Å². The molecule has 3 heteroatoms. The number of ether oxygens (including phenoxy) is 1. The molecule has 1 fully saturated rings. The van der Waals surface area contributed by atoms with Crippen molar-refractivity contribution in [3.63, 3.8) is 0 Å². The molecule has 14 heavy (non-hydrogen) atoms. The number of rotatable bonds is 2. The Morgan fingerprint density at radius 3 is 3.00 bits per heavy atom. The average Bonchev–Trinajstić information content (AvgIpc) is 2.65. The van der Waals surface area contributed by atoms with Crippen LogP contribution in [-0.4, -0.2) is 18.3 Å². The second-order valence-corrected chi connectivity index (χ2v) is 4.68. The third-order valence-corrected chi connectivity index (χ3v) is 3.74. The molecule has 2 atom stereocenters. The van der Waals surface area contributed by atoms with Crippen LogP contribution in [0.25, 0.3) is 0 Å². The van der Waals surface area contributed by atoms with E-state index in [9.17, 15) is 5.11 Å². The molecular weight excluding hydrogens is 196 g/mol. The summed E-state index contributed by atoms with van der Waals surface area (Å²) in [6.45, 7) is 3.61. The Bertz CT molecular complexity index is 289. The van der Waals surface area contributed by atoms with Crippen LogP contribution in [0, 0.1) is 12.8 Å². The van der Waals surface area contributed by atoms with Gasteiger partial charge in [0.2, 0.25) is 0 Å². The highest BCUT2D eigenvalue weighted by atomic mass is 32.1. The number of aryl methyl sites for hydroxylation is 1. The minimum absolute atomic E-state index is 0.289. The molecule has 0 aliphatic carbocycles. The summed E-state index contributed by atoms with van der Waals surface area (Å²) in [5, 5.41) is 14.3. The Morgan fingerprint density at radius 2 is 2.43 bits per heavy atom. The summed E-state index contributed by atoms with van der Waals surface area (Å²) in [5.74, 6) is 0.289. The molecule has 0 aromatic carbocycles. The van der Waals surface area contributed by atoms with Gasteiger partial charge in [-0.2, -0.15) is 11.3 Å². The van der Waals surface area contributed by atoms with Crippen LogP contribution in [0.5, 0.6) is 0 Å². The number of aliphatic hydroxyl groups excluding tert-OH is 1. The van der Waals surface area contributed by atoms with E-state index < -0.39 is 0 Å². The summed E-state index contributed by atoms with van der Waals surface area (Å²) >= 11 is 1.66. The smallest absolute Gasteiger partial charge is 0.0850 e. The first-order chi connectivity index (χ1) is 6.79. The van der Waals surface area contributed by atoms with E-state index in [2.05, 4.69) is 17.7 Å². The molecule has 1 saturated heterocycles. The van der Waals surface area contributed by atoms with Crippen molar-refractivity contribution < 1.29 is 9.84 Å². The third-order valence-electron chi connectivity index (χ3n) is 2.86. The van der Waals surface area contributed by atoms with Gasteiger partial charge in [-0.05, 0) is 41.7 Å². The van der Waals surface area contributed by atoms with Gasteiger partial charge in [0.05, 0.1) is 12.7 Å². The van der Waals surface area contributed by atoms with E-state index in [0.29, 0.717) is 6.61 Å². The van der Waals surface area contributed by atoms with Crippen molar-refractivity contribution in [3.8, 4) is 0 Å². The van der Waals surface area contributed by atoms with Crippen molar-refractivity contribution in [1.82, 2.24) is 0 Å². The highest BCUT2D eigenvalue weighted by Crippen LogP contribution is 2.31. The second kappa shape index (κ2) is 4.43. The number of hydrogen-bond acceptors (Lipinski definition) is 3.